The van der Waals surface area contributed by atoms with Crippen LogP contribution in [-0.4, -0.2) is 72.1 Å². The molecule has 4 aromatic rings. The second-order valence-corrected chi connectivity index (χ2v) is 10.3. The number of aromatic amines is 1. The Morgan fingerprint density at radius 1 is 1.05 bits per heavy atom. The summed E-state index contributed by atoms with van der Waals surface area (Å²) in [7, 11) is 1.46. The molecule has 2 aliphatic rings. The van der Waals surface area contributed by atoms with E-state index < -0.39 is 5.82 Å². The van der Waals surface area contributed by atoms with E-state index in [1.807, 2.05) is 12.1 Å². The van der Waals surface area contributed by atoms with Gasteiger partial charge in [0.15, 0.2) is 0 Å². The molecule has 3 N–H and O–H groups in total. The predicted octanol–water partition coefficient (Wildman–Crippen LogP) is 3.91. The molecule has 0 atom stereocenters. The maximum absolute atomic E-state index is 15.7. The number of carbonyl (C=O) groups excluding carboxylic acids is 1. The number of carbonyl (C=O) groups is 1. The summed E-state index contributed by atoms with van der Waals surface area (Å²) in [5.74, 6) is -0.0504. The van der Waals surface area contributed by atoms with E-state index in [0.717, 1.165) is 51.1 Å². The molecule has 1 amide bonds. The van der Waals surface area contributed by atoms with Crippen LogP contribution >= 0.6 is 0 Å². The average molecular weight is 558 g/mol. The number of hydrogen-bond donors (Lipinski definition) is 3. The number of methoxy groups -OCH3 is 1. The molecule has 41 heavy (non-hydrogen) atoms. The number of rotatable bonds is 6. The number of fused-ring (bicyclic) bond motifs is 1. The molecule has 0 saturated carbocycles. The topological polar surface area (TPSA) is 115 Å². The van der Waals surface area contributed by atoms with Gasteiger partial charge in [-0.3, -0.25) is 9.59 Å². The van der Waals surface area contributed by atoms with E-state index in [2.05, 4.69) is 30.5 Å². The summed E-state index contributed by atoms with van der Waals surface area (Å²) in [6.07, 6.45) is 6.24. The van der Waals surface area contributed by atoms with Gasteiger partial charge in [0.25, 0.3) is 11.5 Å². The van der Waals surface area contributed by atoms with E-state index >= 15 is 4.39 Å². The van der Waals surface area contributed by atoms with Crippen molar-refractivity contribution >= 4 is 34.0 Å². The third-order valence-corrected chi connectivity index (χ3v) is 7.66. The van der Waals surface area contributed by atoms with Crippen molar-refractivity contribution in [2.24, 2.45) is 0 Å². The first-order valence-corrected chi connectivity index (χ1v) is 13.9. The Hall–Kier alpha value is -4.51. The van der Waals surface area contributed by atoms with Crippen LogP contribution in [0, 0.1) is 5.82 Å². The summed E-state index contributed by atoms with van der Waals surface area (Å²) in [4.78, 5) is 41.9. The molecule has 2 aliphatic heterocycles. The largest absolute Gasteiger partial charge is 0.496 e. The average Bonchev–Trinajstić information content (AvgIpc) is 3.01. The molecule has 11 heteroatoms. The summed E-state index contributed by atoms with van der Waals surface area (Å²) < 4.78 is 21.2. The second-order valence-electron chi connectivity index (χ2n) is 10.3. The molecule has 0 aliphatic carbocycles. The fourth-order valence-electron chi connectivity index (χ4n) is 5.49. The van der Waals surface area contributed by atoms with Gasteiger partial charge in [0.1, 0.15) is 17.4 Å². The van der Waals surface area contributed by atoms with Gasteiger partial charge in [-0.05, 0) is 55.7 Å². The smallest absolute Gasteiger partial charge is 0.259 e. The van der Waals surface area contributed by atoms with E-state index in [-0.39, 0.29) is 34.0 Å². The van der Waals surface area contributed by atoms with E-state index in [0.29, 0.717) is 35.5 Å². The Morgan fingerprint density at radius 3 is 2.59 bits per heavy atom. The number of nitrogens with one attached hydrogen (secondary N) is 3. The fraction of sp³-hybridized carbons (Fsp3) is 0.333. The van der Waals surface area contributed by atoms with Crippen LogP contribution in [0.5, 0.6) is 5.75 Å². The number of ether oxygens (including phenoxy) is 1. The van der Waals surface area contributed by atoms with Gasteiger partial charge in [-0.15, -0.1) is 0 Å². The lowest BCUT2D eigenvalue weighted by molar-refractivity contribution is 0.0720. The first kappa shape index (κ1) is 26.7. The van der Waals surface area contributed by atoms with Crippen LogP contribution in [0.2, 0.25) is 0 Å². The molecule has 10 nitrogen and oxygen atoms in total. The molecule has 212 valence electrons. The van der Waals surface area contributed by atoms with Crippen molar-refractivity contribution in [3.05, 3.63) is 70.5 Å². The lowest BCUT2D eigenvalue weighted by Gasteiger charge is -2.29. The van der Waals surface area contributed by atoms with E-state index in [9.17, 15) is 9.59 Å². The number of hydrogen-bond acceptors (Lipinski definition) is 8. The molecular weight excluding hydrogens is 525 g/mol. The first-order chi connectivity index (χ1) is 20.0. The normalized spacial score (nSPS) is 15.7. The minimum atomic E-state index is -0.604. The Balaban J connectivity index is 1.37. The summed E-state index contributed by atoms with van der Waals surface area (Å²) in [5, 5.41) is 6.90. The summed E-state index contributed by atoms with van der Waals surface area (Å²) in [6.45, 7) is 4.93. The maximum Gasteiger partial charge on any atom is 0.259 e. The third-order valence-electron chi connectivity index (χ3n) is 7.66. The van der Waals surface area contributed by atoms with Crippen LogP contribution in [0.25, 0.3) is 22.2 Å². The van der Waals surface area contributed by atoms with E-state index in [4.69, 9.17) is 4.74 Å². The molecule has 1 aromatic carbocycles. The number of halogens is 1. The quantitative estimate of drug-likeness (QED) is 0.327. The Labute approximate surface area is 236 Å². The number of pyridine rings is 3. The number of benzene rings is 1. The lowest BCUT2D eigenvalue weighted by Crippen LogP contribution is -2.43. The number of amides is 1. The zero-order valence-electron chi connectivity index (χ0n) is 22.9. The van der Waals surface area contributed by atoms with Crippen molar-refractivity contribution in [1.29, 1.82) is 0 Å². The van der Waals surface area contributed by atoms with Gasteiger partial charge in [-0.25, -0.2) is 14.4 Å². The minimum absolute atomic E-state index is 0.157. The number of piperazine rings is 1. The van der Waals surface area contributed by atoms with Crippen molar-refractivity contribution in [3.63, 3.8) is 0 Å². The molecule has 0 radical (unpaired) electrons. The maximum atomic E-state index is 15.7. The van der Waals surface area contributed by atoms with E-state index in [1.54, 1.807) is 23.2 Å². The van der Waals surface area contributed by atoms with Crippen molar-refractivity contribution in [2.75, 3.05) is 56.6 Å². The molecule has 2 fully saturated rings. The molecule has 3 aromatic heterocycles. The fourth-order valence-corrected chi connectivity index (χ4v) is 5.49. The van der Waals surface area contributed by atoms with Crippen molar-refractivity contribution in [1.82, 2.24) is 25.2 Å². The van der Waals surface area contributed by atoms with Gasteiger partial charge in [0.2, 0.25) is 0 Å². The van der Waals surface area contributed by atoms with E-state index in [1.165, 1.54) is 25.4 Å². The molecule has 0 bridgehead atoms. The van der Waals surface area contributed by atoms with Gasteiger partial charge in [-0.1, -0.05) is 0 Å². The lowest BCUT2D eigenvalue weighted by atomic mass is 10.0. The summed E-state index contributed by atoms with van der Waals surface area (Å²) >= 11 is 0. The first-order valence-electron chi connectivity index (χ1n) is 13.9. The van der Waals surface area contributed by atoms with Gasteiger partial charge in [-0.2, -0.15) is 0 Å². The van der Waals surface area contributed by atoms with Crippen LogP contribution in [0.15, 0.2) is 53.6 Å². The minimum Gasteiger partial charge on any atom is -0.496 e. The van der Waals surface area contributed by atoms with Crippen LogP contribution in [0.4, 0.5) is 21.6 Å². The Bertz CT molecular complexity index is 1630. The standard InChI is InChI=1S/C30H32FN7O3/c1-41-26-16-20(22(31)15-21(26)30(40)38-11-3-2-4-12-38)24-17-25(28-23(35-24)7-8-33-29(28)39)36-27-6-5-19(18-34-27)37-13-9-32-10-14-37/h5-8,15-18,32H,2-4,9-14H2,1H3,(H,33,39)(H,34,35,36). The molecule has 0 unspecified atom stereocenters. The highest BCUT2D eigenvalue weighted by atomic mass is 19.1. The predicted molar refractivity (Wildman–Crippen MR) is 157 cm³/mol. The number of likely N-dealkylation sites (tertiary alicyclic amines) is 1. The number of nitrogens with zero attached hydrogens (tertiary/aromatic N) is 4. The molecular formula is C30H32FN7O3. The number of anilines is 3. The number of H-pyrrole nitrogens is 1. The van der Waals surface area contributed by atoms with Crippen LogP contribution in [0.1, 0.15) is 29.6 Å². The monoisotopic (exact) mass is 557 g/mol. The summed E-state index contributed by atoms with van der Waals surface area (Å²) in [6, 6.07) is 9.84. The SMILES string of the molecule is COc1cc(-c2cc(Nc3ccc(N4CCNCC4)cn3)c3c(=O)[nH]ccc3n2)c(F)cc1C(=O)N1CCCCC1. The van der Waals surface area contributed by atoms with Gasteiger partial charge in [0, 0.05) is 51.0 Å². The van der Waals surface area contributed by atoms with Gasteiger partial charge >= 0.3 is 0 Å². The third kappa shape index (κ3) is 5.45. The second kappa shape index (κ2) is 11.5. The Kier molecular flexibility index (Phi) is 7.51. The van der Waals surface area contributed by atoms with Gasteiger partial charge in [0.05, 0.1) is 46.8 Å². The summed E-state index contributed by atoms with van der Waals surface area (Å²) in [5.41, 5.74) is 2.13. The highest BCUT2D eigenvalue weighted by Crippen LogP contribution is 2.34. The molecule has 6 rings (SSSR count). The molecule has 2 saturated heterocycles. The zero-order chi connectivity index (χ0) is 28.3. The van der Waals surface area contributed by atoms with Gasteiger partial charge < -0.3 is 30.2 Å². The number of piperidine rings is 1. The zero-order valence-corrected chi connectivity index (χ0v) is 22.9. The highest BCUT2D eigenvalue weighted by molar-refractivity contribution is 5.98. The van der Waals surface area contributed by atoms with Crippen molar-refractivity contribution in [2.45, 2.75) is 19.3 Å². The van der Waals surface area contributed by atoms with Crippen LogP contribution in [-0.2, 0) is 0 Å². The molecule has 0 spiro atoms. The van der Waals surface area contributed by atoms with Crippen molar-refractivity contribution in [3.8, 4) is 17.0 Å². The molecule has 5 heterocycles. The van der Waals surface area contributed by atoms with Crippen molar-refractivity contribution < 1.29 is 13.9 Å². The Morgan fingerprint density at radius 2 is 1.85 bits per heavy atom. The highest BCUT2D eigenvalue weighted by Gasteiger charge is 2.24. The number of aromatic nitrogens is 3. The van der Waals surface area contributed by atoms with Crippen LogP contribution < -0.4 is 25.8 Å². The van der Waals surface area contributed by atoms with Crippen LogP contribution in [0.3, 0.4) is 0 Å².